The maximum Gasteiger partial charge on any atom is 0.0948 e. The van der Waals surface area contributed by atoms with Crippen LogP contribution in [0.25, 0.3) is 0 Å². The molecule has 0 aromatic carbocycles. The third-order valence-electron chi connectivity index (χ3n) is 4.40. The highest BCUT2D eigenvalue weighted by Crippen LogP contribution is 2.40. The van der Waals surface area contributed by atoms with Crippen molar-refractivity contribution in [3.8, 4) is 0 Å². The topological polar surface area (TPSA) is 36.9 Å². The van der Waals surface area contributed by atoms with Crippen molar-refractivity contribution in [1.29, 1.82) is 0 Å². The van der Waals surface area contributed by atoms with Gasteiger partial charge in [0.2, 0.25) is 0 Å². The lowest BCUT2D eigenvalue weighted by molar-refractivity contribution is -0.130. The van der Waals surface area contributed by atoms with E-state index in [1.165, 1.54) is 6.26 Å². The van der Waals surface area contributed by atoms with Crippen LogP contribution in [0.4, 0.5) is 0 Å². The molecule has 4 heteroatoms. The third-order valence-corrected chi connectivity index (χ3v) is 4.40. The van der Waals surface area contributed by atoms with Gasteiger partial charge in [-0.1, -0.05) is 19.6 Å². The first-order chi connectivity index (χ1) is 10.0. The van der Waals surface area contributed by atoms with Crippen molar-refractivity contribution in [2.75, 3.05) is 33.0 Å². The van der Waals surface area contributed by atoms with E-state index < -0.39 is 0 Å². The van der Waals surface area contributed by atoms with Crippen molar-refractivity contribution < 1.29 is 18.9 Å². The van der Waals surface area contributed by atoms with Crippen LogP contribution in [0.2, 0.25) is 0 Å². The summed E-state index contributed by atoms with van der Waals surface area (Å²) in [5.74, 6) is 0.395. The fourth-order valence-electron chi connectivity index (χ4n) is 3.29. The summed E-state index contributed by atoms with van der Waals surface area (Å²) in [6.07, 6.45) is 5.38. The lowest BCUT2D eigenvalue weighted by Gasteiger charge is -2.42. The van der Waals surface area contributed by atoms with E-state index in [2.05, 4.69) is 27.0 Å². The van der Waals surface area contributed by atoms with Crippen LogP contribution in [-0.2, 0) is 18.9 Å². The monoisotopic (exact) mass is 296 g/mol. The summed E-state index contributed by atoms with van der Waals surface area (Å²) in [5.41, 5.74) is -0.263. The summed E-state index contributed by atoms with van der Waals surface area (Å²) in [7, 11) is 0. The molecule has 2 rings (SSSR count). The van der Waals surface area contributed by atoms with Gasteiger partial charge in [0.15, 0.2) is 0 Å². The molecule has 2 heterocycles. The second-order valence-corrected chi connectivity index (χ2v) is 6.87. The van der Waals surface area contributed by atoms with Crippen LogP contribution < -0.4 is 0 Å². The van der Waals surface area contributed by atoms with Crippen LogP contribution >= 0.6 is 0 Å². The Kier molecular flexibility index (Phi) is 5.47. The summed E-state index contributed by atoms with van der Waals surface area (Å²) >= 11 is 0. The standard InChI is InChI=1S/C17H28O4/c1-5-7-21-17(4)9-15-14(10-19-13-17)8-16(3,12-20-15)11-18-6-2/h5-6,14-15H,1-2,7-13H2,3-4H3. The van der Waals surface area contributed by atoms with Gasteiger partial charge in [-0.05, 0) is 13.3 Å². The van der Waals surface area contributed by atoms with E-state index in [-0.39, 0.29) is 17.1 Å². The Morgan fingerprint density at radius 1 is 1.24 bits per heavy atom. The van der Waals surface area contributed by atoms with Gasteiger partial charge in [0.05, 0.1) is 51.0 Å². The van der Waals surface area contributed by atoms with Crippen LogP contribution in [0, 0.1) is 11.3 Å². The number of fused-ring (bicyclic) bond motifs is 1. The molecule has 0 spiro atoms. The first-order valence-corrected chi connectivity index (χ1v) is 7.67. The molecule has 0 amide bonds. The zero-order valence-corrected chi connectivity index (χ0v) is 13.3. The molecule has 4 unspecified atom stereocenters. The molecule has 2 fully saturated rings. The second-order valence-electron chi connectivity index (χ2n) is 6.87. The first-order valence-electron chi connectivity index (χ1n) is 7.67. The summed E-state index contributed by atoms with van der Waals surface area (Å²) in [5, 5.41) is 0. The fourth-order valence-corrected chi connectivity index (χ4v) is 3.29. The van der Waals surface area contributed by atoms with Crippen molar-refractivity contribution >= 4 is 0 Å². The van der Waals surface area contributed by atoms with Gasteiger partial charge in [-0.15, -0.1) is 6.58 Å². The summed E-state index contributed by atoms with van der Waals surface area (Å²) < 4.78 is 23.3. The minimum absolute atomic E-state index is 0.0292. The molecule has 0 aliphatic carbocycles. The molecule has 21 heavy (non-hydrogen) atoms. The maximum atomic E-state index is 6.15. The van der Waals surface area contributed by atoms with E-state index in [4.69, 9.17) is 18.9 Å². The first kappa shape index (κ1) is 16.5. The van der Waals surface area contributed by atoms with Gasteiger partial charge in [-0.2, -0.15) is 0 Å². The van der Waals surface area contributed by atoms with Crippen molar-refractivity contribution in [2.45, 2.75) is 38.4 Å². The van der Waals surface area contributed by atoms with Crippen molar-refractivity contribution in [1.82, 2.24) is 0 Å². The average Bonchev–Trinajstić information content (AvgIpc) is 2.62. The molecule has 2 aliphatic heterocycles. The molecule has 4 atom stereocenters. The maximum absolute atomic E-state index is 6.15. The highest BCUT2D eigenvalue weighted by molar-refractivity contribution is 4.93. The van der Waals surface area contributed by atoms with Gasteiger partial charge in [-0.3, -0.25) is 0 Å². The number of hydrogen-bond donors (Lipinski definition) is 0. The average molecular weight is 296 g/mol. The van der Waals surface area contributed by atoms with E-state index in [1.807, 2.05) is 0 Å². The largest absolute Gasteiger partial charge is 0.501 e. The Labute approximate surface area is 128 Å². The van der Waals surface area contributed by atoms with Crippen LogP contribution in [0.3, 0.4) is 0 Å². The molecule has 0 radical (unpaired) electrons. The predicted octanol–water partition coefficient (Wildman–Crippen LogP) is 2.94. The van der Waals surface area contributed by atoms with Crippen LogP contribution in [0.5, 0.6) is 0 Å². The van der Waals surface area contributed by atoms with Gasteiger partial charge >= 0.3 is 0 Å². The Morgan fingerprint density at radius 3 is 2.76 bits per heavy atom. The molecule has 4 nitrogen and oxygen atoms in total. The Bertz CT molecular complexity index is 370. The molecular weight excluding hydrogens is 268 g/mol. The van der Waals surface area contributed by atoms with E-state index in [9.17, 15) is 0 Å². The van der Waals surface area contributed by atoms with Gasteiger partial charge in [0, 0.05) is 17.8 Å². The number of ether oxygens (including phenoxy) is 4. The van der Waals surface area contributed by atoms with Gasteiger partial charge in [0.25, 0.3) is 0 Å². The molecule has 120 valence electrons. The van der Waals surface area contributed by atoms with Crippen molar-refractivity contribution in [2.24, 2.45) is 11.3 Å². The Balaban J connectivity index is 1.98. The van der Waals surface area contributed by atoms with Gasteiger partial charge < -0.3 is 18.9 Å². The number of hydrogen-bond acceptors (Lipinski definition) is 4. The van der Waals surface area contributed by atoms with E-state index in [1.54, 1.807) is 6.08 Å². The highest BCUT2D eigenvalue weighted by atomic mass is 16.6. The quantitative estimate of drug-likeness (QED) is 0.558. The molecule has 0 N–H and O–H groups in total. The summed E-state index contributed by atoms with van der Waals surface area (Å²) in [4.78, 5) is 0. The van der Waals surface area contributed by atoms with Crippen LogP contribution in [0.1, 0.15) is 26.7 Å². The second kappa shape index (κ2) is 6.95. The van der Waals surface area contributed by atoms with E-state index in [0.717, 1.165) is 19.4 Å². The molecule has 0 saturated carbocycles. The van der Waals surface area contributed by atoms with E-state index in [0.29, 0.717) is 32.3 Å². The summed E-state index contributed by atoms with van der Waals surface area (Å²) in [6.45, 7) is 14.8. The smallest absolute Gasteiger partial charge is 0.0948 e. The zero-order chi connectivity index (χ0) is 15.3. The molecule has 0 aromatic heterocycles. The highest BCUT2D eigenvalue weighted by Gasteiger charge is 2.44. The van der Waals surface area contributed by atoms with Crippen molar-refractivity contribution in [3.63, 3.8) is 0 Å². The Morgan fingerprint density at radius 2 is 2.05 bits per heavy atom. The molecular formula is C17H28O4. The normalized spacial score (nSPS) is 39.9. The molecule has 2 saturated heterocycles. The molecule has 2 aliphatic rings. The molecule has 0 bridgehead atoms. The fraction of sp³-hybridized carbons (Fsp3) is 0.765. The van der Waals surface area contributed by atoms with E-state index >= 15 is 0 Å². The third kappa shape index (κ3) is 4.31. The van der Waals surface area contributed by atoms with Crippen LogP contribution in [0.15, 0.2) is 25.5 Å². The van der Waals surface area contributed by atoms with Crippen LogP contribution in [-0.4, -0.2) is 44.7 Å². The predicted molar refractivity (Wildman–Crippen MR) is 82.1 cm³/mol. The lowest BCUT2D eigenvalue weighted by Crippen LogP contribution is -2.46. The molecule has 0 aromatic rings. The van der Waals surface area contributed by atoms with Crippen molar-refractivity contribution in [3.05, 3.63) is 25.5 Å². The van der Waals surface area contributed by atoms with Gasteiger partial charge in [0.1, 0.15) is 0 Å². The zero-order valence-electron chi connectivity index (χ0n) is 13.3. The minimum Gasteiger partial charge on any atom is -0.501 e. The number of rotatable bonds is 6. The Hall–Kier alpha value is -0.840. The minimum atomic E-state index is -0.293. The lowest BCUT2D eigenvalue weighted by atomic mass is 9.76. The van der Waals surface area contributed by atoms with Gasteiger partial charge in [-0.25, -0.2) is 0 Å². The SMILES string of the molecule is C=CCOC1(C)COCC2CC(C)(COC=C)COC2C1. The summed E-state index contributed by atoms with van der Waals surface area (Å²) in [6, 6.07) is 0.